The molecule has 1 aromatic heterocycles. The maximum Gasteiger partial charge on any atom is 0.272 e. The molecule has 0 saturated carbocycles. The molecule has 0 atom stereocenters. The maximum absolute atomic E-state index is 12.9. The number of aromatic amines is 1. The van der Waals surface area contributed by atoms with Gasteiger partial charge in [-0.3, -0.25) is 4.79 Å². The Labute approximate surface area is 99.8 Å². The van der Waals surface area contributed by atoms with E-state index in [1.165, 1.54) is 18.2 Å². The van der Waals surface area contributed by atoms with Crippen LogP contribution in [0.15, 0.2) is 41.0 Å². The minimum absolute atomic E-state index is 0.309. The number of halogens is 2. The van der Waals surface area contributed by atoms with Crippen LogP contribution in [0, 0.1) is 5.82 Å². The zero-order valence-electron chi connectivity index (χ0n) is 8.13. The van der Waals surface area contributed by atoms with Crippen LogP contribution in [0.4, 0.5) is 10.1 Å². The number of nitrogens with one attached hydrogen (secondary N) is 2. The number of aromatic nitrogens is 1. The predicted molar refractivity (Wildman–Crippen MR) is 62.8 cm³/mol. The molecule has 5 heteroatoms. The highest BCUT2D eigenvalue weighted by molar-refractivity contribution is 9.10. The lowest BCUT2D eigenvalue weighted by Crippen LogP contribution is -2.12. The molecule has 1 aromatic carbocycles. The van der Waals surface area contributed by atoms with Gasteiger partial charge in [-0.15, -0.1) is 0 Å². The summed E-state index contributed by atoms with van der Waals surface area (Å²) in [5, 5.41) is 2.58. The molecule has 1 amide bonds. The summed E-state index contributed by atoms with van der Waals surface area (Å²) in [4.78, 5) is 14.4. The molecule has 0 aliphatic heterocycles. The van der Waals surface area contributed by atoms with E-state index >= 15 is 0 Å². The lowest BCUT2D eigenvalue weighted by atomic mass is 10.3. The first-order valence-corrected chi connectivity index (χ1v) is 5.35. The first kappa shape index (κ1) is 10.9. The van der Waals surface area contributed by atoms with Crippen molar-refractivity contribution in [2.75, 3.05) is 5.32 Å². The van der Waals surface area contributed by atoms with Crippen LogP contribution < -0.4 is 5.32 Å². The van der Waals surface area contributed by atoms with Crippen molar-refractivity contribution < 1.29 is 9.18 Å². The lowest BCUT2D eigenvalue weighted by Gasteiger charge is -2.03. The van der Waals surface area contributed by atoms with Crippen molar-refractivity contribution in [2.45, 2.75) is 0 Å². The van der Waals surface area contributed by atoms with Crippen LogP contribution in [-0.4, -0.2) is 10.9 Å². The van der Waals surface area contributed by atoms with Gasteiger partial charge in [0.05, 0.1) is 0 Å². The van der Waals surface area contributed by atoms with E-state index in [0.29, 0.717) is 11.4 Å². The predicted octanol–water partition coefficient (Wildman–Crippen LogP) is 3.17. The number of carbonyl (C=O) groups excluding carboxylic acids is 1. The molecule has 16 heavy (non-hydrogen) atoms. The van der Waals surface area contributed by atoms with E-state index in [-0.39, 0.29) is 11.7 Å². The average molecular weight is 283 g/mol. The van der Waals surface area contributed by atoms with Crippen LogP contribution in [-0.2, 0) is 0 Å². The molecule has 3 nitrogen and oxygen atoms in total. The van der Waals surface area contributed by atoms with E-state index in [1.807, 2.05) is 0 Å². The monoisotopic (exact) mass is 282 g/mol. The van der Waals surface area contributed by atoms with Crippen LogP contribution in [0.5, 0.6) is 0 Å². The van der Waals surface area contributed by atoms with E-state index < -0.39 is 0 Å². The summed E-state index contributed by atoms with van der Waals surface area (Å²) in [7, 11) is 0. The highest BCUT2D eigenvalue weighted by Gasteiger charge is 2.08. The smallest absolute Gasteiger partial charge is 0.272 e. The fourth-order valence-corrected chi connectivity index (χ4v) is 1.61. The lowest BCUT2D eigenvalue weighted by molar-refractivity contribution is 0.102. The fraction of sp³-hybridized carbons (Fsp3) is 0. The Morgan fingerprint density at radius 3 is 2.81 bits per heavy atom. The molecule has 0 bridgehead atoms. The van der Waals surface area contributed by atoms with Crippen molar-refractivity contribution in [3.05, 3.63) is 52.5 Å². The quantitative estimate of drug-likeness (QED) is 0.873. The molecule has 0 unspecified atom stereocenters. The van der Waals surface area contributed by atoms with Crippen molar-refractivity contribution in [3.8, 4) is 0 Å². The average Bonchev–Trinajstić information content (AvgIpc) is 2.65. The van der Waals surface area contributed by atoms with Crippen molar-refractivity contribution in [1.29, 1.82) is 0 Å². The molecule has 2 rings (SSSR count). The zero-order chi connectivity index (χ0) is 11.5. The summed E-state index contributed by atoms with van der Waals surface area (Å²) in [5.74, 6) is -0.693. The van der Waals surface area contributed by atoms with Crippen LogP contribution in [0.25, 0.3) is 0 Å². The summed E-state index contributed by atoms with van der Waals surface area (Å²) >= 11 is 3.23. The molecule has 0 aliphatic carbocycles. The molecule has 0 fully saturated rings. The highest BCUT2D eigenvalue weighted by atomic mass is 79.9. The third-order valence-corrected chi connectivity index (χ3v) is 2.43. The molecule has 0 radical (unpaired) electrons. The Kier molecular flexibility index (Phi) is 3.05. The minimum Gasteiger partial charge on any atom is -0.356 e. The number of carbonyl (C=O) groups is 1. The first-order valence-electron chi connectivity index (χ1n) is 4.56. The van der Waals surface area contributed by atoms with E-state index in [9.17, 15) is 9.18 Å². The summed E-state index contributed by atoms with van der Waals surface area (Å²) in [5.41, 5.74) is 0.840. The normalized spacial score (nSPS) is 10.1. The van der Waals surface area contributed by atoms with Gasteiger partial charge in [0.1, 0.15) is 11.5 Å². The van der Waals surface area contributed by atoms with Crippen LogP contribution in [0.3, 0.4) is 0 Å². The molecule has 1 heterocycles. The van der Waals surface area contributed by atoms with Crippen molar-refractivity contribution in [1.82, 2.24) is 4.98 Å². The Morgan fingerprint density at radius 1 is 1.38 bits per heavy atom. The number of hydrogen-bond acceptors (Lipinski definition) is 1. The number of benzene rings is 1. The SMILES string of the molecule is O=C(Nc1cccc(F)c1)c1cc(Br)c[nH]1. The molecule has 2 N–H and O–H groups in total. The molecule has 82 valence electrons. The van der Waals surface area contributed by atoms with Crippen molar-refractivity contribution in [2.24, 2.45) is 0 Å². The van der Waals surface area contributed by atoms with Gasteiger partial charge in [0.2, 0.25) is 0 Å². The van der Waals surface area contributed by atoms with Gasteiger partial charge in [-0.05, 0) is 40.2 Å². The molecule has 0 saturated heterocycles. The third-order valence-electron chi connectivity index (χ3n) is 1.97. The Morgan fingerprint density at radius 2 is 2.19 bits per heavy atom. The van der Waals surface area contributed by atoms with Crippen LogP contribution in [0.2, 0.25) is 0 Å². The second-order valence-electron chi connectivity index (χ2n) is 3.20. The van der Waals surface area contributed by atoms with E-state index in [4.69, 9.17) is 0 Å². The van der Waals surface area contributed by atoms with Gasteiger partial charge in [-0.1, -0.05) is 6.07 Å². The summed E-state index contributed by atoms with van der Waals surface area (Å²) < 4.78 is 13.6. The van der Waals surface area contributed by atoms with Gasteiger partial charge in [-0.25, -0.2) is 4.39 Å². The standard InChI is InChI=1S/C11H8BrFN2O/c12-7-4-10(14-6-7)11(16)15-9-3-1-2-8(13)5-9/h1-6,14H,(H,15,16). The second-order valence-corrected chi connectivity index (χ2v) is 4.11. The van der Waals surface area contributed by atoms with Crippen molar-refractivity contribution in [3.63, 3.8) is 0 Å². The van der Waals surface area contributed by atoms with E-state index in [1.54, 1.807) is 18.3 Å². The Bertz CT molecular complexity index is 524. The third kappa shape index (κ3) is 2.49. The maximum atomic E-state index is 12.9. The molecular weight excluding hydrogens is 275 g/mol. The Balaban J connectivity index is 2.13. The highest BCUT2D eigenvalue weighted by Crippen LogP contribution is 2.14. The fourth-order valence-electron chi connectivity index (χ4n) is 1.26. The Hall–Kier alpha value is -1.62. The van der Waals surface area contributed by atoms with Gasteiger partial charge >= 0.3 is 0 Å². The molecule has 2 aromatic rings. The molecule has 0 aliphatic rings. The van der Waals surface area contributed by atoms with E-state index in [2.05, 4.69) is 26.2 Å². The van der Waals surface area contributed by atoms with Crippen LogP contribution >= 0.6 is 15.9 Å². The van der Waals surface area contributed by atoms with Gasteiger partial charge in [0.25, 0.3) is 5.91 Å². The van der Waals surface area contributed by atoms with Gasteiger partial charge < -0.3 is 10.3 Å². The van der Waals surface area contributed by atoms with Crippen molar-refractivity contribution >= 4 is 27.5 Å². The van der Waals surface area contributed by atoms with Gasteiger partial charge in [0, 0.05) is 16.4 Å². The van der Waals surface area contributed by atoms with Gasteiger partial charge in [0.15, 0.2) is 0 Å². The first-order chi connectivity index (χ1) is 7.65. The number of H-pyrrole nitrogens is 1. The molecular formula is C11H8BrFN2O. The number of rotatable bonds is 2. The number of anilines is 1. The zero-order valence-corrected chi connectivity index (χ0v) is 9.71. The van der Waals surface area contributed by atoms with Crippen LogP contribution in [0.1, 0.15) is 10.5 Å². The molecule has 0 spiro atoms. The topological polar surface area (TPSA) is 44.9 Å². The second kappa shape index (κ2) is 4.49. The summed E-state index contributed by atoms with van der Waals surface area (Å²) in [6.07, 6.45) is 1.65. The van der Waals surface area contributed by atoms with E-state index in [0.717, 1.165) is 4.47 Å². The number of hydrogen-bond donors (Lipinski definition) is 2. The largest absolute Gasteiger partial charge is 0.356 e. The number of amides is 1. The van der Waals surface area contributed by atoms with Gasteiger partial charge in [-0.2, -0.15) is 0 Å². The minimum atomic E-state index is -0.384. The summed E-state index contributed by atoms with van der Waals surface area (Å²) in [6, 6.07) is 7.39. The summed E-state index contributed by atoms with van der Waals surface area (Å²) in [6.45, 7) is 0.